The zero-order valence-electron chi connectivity index (χ0n) is 16.1. The molecule has 0 bridgehead atoms. The van der Waals surface area contributed by atoms with Crippen LogP contribution in [0.5, 0.6) is 5.75 Å². The van der Waals surface area contributed by atoms with Gasteiger partial charge in [0, 0.05) is 17.1 Å². The van der Waals surface area contributed by atoms with E-state index in [0.717, 1.165) is 22.6 Å². The van der Waals surface area contributed by atoms with Crippen LogP contribution >= 0.6 is 23.4 Å². The highest BCUT2D eigenvalue weighted by atomic mass is 35.5. The van der Waals surface area contributed by atoms with Crippen molar-refractivity contribution < 1.29 is 9.53 Å². The Bertz CT molecular complexity index is 1200. The van der Waals surface area contributed by atoms with Crippen LogP contribution in [0.4, 0.5) is 0 Å². The van der Waals surface area contributed by atoms with Gasteiger partial charge in [-0.05, 0) is 35.9 Å². The summed E-state index contributed by atoms with van der Waals surface area (Å²) in [4.78, 5) is 12.3. The highest BCUT2D eigenvalue weighted by molar-refractivity contribution is 7.99. The van der Waals surface area contributed by atoms with E-state index in [0.29, 0.717) is 22.4 Å². The fourth-order valence-corrected chi connectivity index (χ4v) is 3.80. The molecule has 1 N–H and O–H groups in total. The average Bonchev–Trinajstić information content (AvgIpc) is 3.19. The summed E-state index contributed by atoms with van der Waals surface area (Å²) in [5, 5.41) is 17.0. The molecule has 0 atom stereocenters. The van der Waals surface area contributed by atoms with Crippen molar-refractivity contribution in [2.45, 2.75) is 11.7 Å². The number of methoxy groups -OCH3 is 1. The van der Waals surface area contributed by atoms with Crippen molar-refractivity contribution in [3.05, 3.63) is 71.2 Å². The zero-order valence-corrected chi connectivity index (χ0v) is 17.7. The van der Waals surface area contributed by atoms with Crippen molar-refractivity contribution >= 4 is 34.9 Å². The van der Waals surface area contributed by atoms with Crippen LogP contribution in [0.1, 0.15) is 5.56 Å². The molecule has 0 aliphatic heterocycles. The van der Waals surface area contributed by atoms with Crippen LogP contribution in [-0.4, -0.2) is 38.6 Å². The number of carbonyl (C=O) groups is 1. The summed E-state index contributed by atoms with van der Waals surface area (Å²) in [5.41, 5.74) is 3.06. The first-order chi connectivity index (χ1) is 14.7. The maximum Gasteiger partial charge on any atom is 0.230 e. The number of hydrogen-bond acceptors (Lipinski definition) is 6. The van der Waals surface area contributed by atoms with E-state index in [1.165, 1.54) is 11.8 Å². The third-order valence-corrected chi connectivity index (χ3v) is 5.67. The molecule has 2 aromatic heterocycles. The van der Waals surface area contributed by atoms with Crippen molar-refractivity contribution in [3.63, 3.8) is 0 Å². The first kappa shape index (κ1) is 20.2. The van der Waals surface area contributed by atoms with E-state index in [-0.39, 0.29) is 11.7 Å². The molecule has 0 fully saturated rings. The predicted octanol–water partition coefficient (Wildman–Crippen LogP) is 3.86. The molecule has 0 saturated heterocycles. The number of halogens is 1. The molecular formula is C21H18ClN5O2S. The Balaban J connectivity index is 1.47. The molecule has 2 heterocycles. The average molecular weight is 440 g/mol. The summed E-state index contributed by atoms with van der Waals surface area (Å²) >= 11 is 7.39. The van der Waals surface area contributed by atoms with Gasteiger partial charge in [-0.3, -0.25) is 4.79 Å². The number of hydrogen-bond donors (Lipinski definition) is 1. The monoisotopic (exact) mass is 439 g/mol. The fourth-order valence-electron chi connectivity index (χ4n) is 2.88. The van der Waals surface area contributed by atoms with Crippen LogP contribution < -0.4 is 10.1 Å². The van der Waals surface area contributed by atoms with Crippen molar-refractivity contribution in [2.75, 3.05) is 12.9 Å². The number of aromatic nitrogens is 4. The smallest absolute Gasteiger partial charge is 0.230 e. The van der Waals surface area contributed by atoms with E-state index in [1.807, 2.05) is 54.6 Å². The first-order valence-corrected chi connectivity index (χ1v) is 10.5. The number of para-hydroxylation sites is 1. The lowest BCUT2D eigenvalue weighted by molar-refractivity contribution is -0.118. The number of rotatable bonds is 7. The number of fused-ring (bicyclic) bond motifs is 1. The molecule has 0 spiro atoms. The Labute approximate surface area is 182 Å². The number of ether oxygens (including phenoxy) is 1. The van der Waals surface area contributed by atoms with E-state index in [4.69, 9.17) is 16.3 Å². The molecule has 4 aromatic rings. The Hall–Kier alpha value is -3.10. The molecule has 30 heavy (non-hydrogen) atoms. The van der Waals surface area contributed by atoms with Crippen molar-refractivity contribution in [2.24, 2.45) is 0 Å². The maximum atomic E-state index is 12.3. The van der Waals surface area contributed by atoms with E-state index < -0.39 is 0 Å². The summed E-state index contributed by atoms with van der Waals surface area (Å²) in [6.45, 7) is 0.371. The Morgan fingerprint density at radius 1 is 1.10 bits per heavy atom. The molecule has 4 rings (SSSR count). The molecule has 7 nitrogen and oxygen atoms in total. The summed E-state index contributed by atoms with van der Waals surface area (Å²) in [7, 11) is 1.62. The minimum Gasteiger partial charge on any atom is -0.496 e. The van der Waals surface area contributed by atoms with Gasteiger partial charge in [0.25, 0.3) is 0 Å². The molecule has 9 heteroatoms. The van der Waals surface area contributed by atoms with Gasteiger partial charge in [0.05, 0.1) is 18.6 Å². The number of carbonyl (C=O) groups excluding carboxylic acids is 1. The molecule has 2 aromatic carbocycles. The lowest BCUT2D eigenvalue weighted by Crippen LogP contribution is -2.24. The lowest BCUT2D eigenvalue weighted by atomic mass is 10.1. The summed E-state index contributed by atoms with van der Waals surface area (Å²) in [6.07, 6.45) is 0. The summed E-state index contributed by atoms with van der Waals surface area (Å²) < 4.78 is 7.06. The van der Waals surface area contributed by atoms with Crippen molar-refractivity contribution in [1.29, 1.82) is 0 Å². The van der Waals surface area contributed by atoms with Gasteiger partial charge >= 0.3 is 0 Å². The quantitative estimate of drug-likeness (QED) is 0.440. The maximum absolute atomic E-state index is 12.3. The molecule has 1 amide bonds. The summed E-state index contributed by atoms with van der Waals surface area (Å²) in [6, 6.07) is 18.8. The van der Waals surface area contributed by atoms with Crippen LogP contribution in [0, 0.1) is 0 Å². The first-order valence-electron chi connectivity index (χ1n) is 9.14. The molecule has 0 saturated carbocycles. The van der Waals surface area contributed by atoms with Gasteiger partial charge in [-0.15, -0.1) is 10.2 Å². The Kier molecular flexibility index (Phi) is 6.15. The highest BCUT2D eigenvalue weighted by Gasteiger charge is 2.13. The van der Waals surface area contributed by atoms with Crippen LogP contribution in [0.3, 0.4) is 0 Å². The van der Waals surface area contributed by atoms with Crippen LogP contribution in [0.2, 0.25) is 5.02 Å². The van der Waals surface area contributed by atoms with E-state index in [9.17, 15) is 4.79 Å². The van der Waals surface area contributed by atoms with Crippen LogP contribution in [-0.2, 0) is 11.3 Å². The topological polar surface area (TPSA) is 81.4 Å². The molecule has 0 radical (unpaired) electrons. The number of benzene rings is 2. The van der Waals surface area contributed by atoms with Gasteiger partial charge in [-0.1, -0.05) is 53.7 Å². The largest absolute Gasteiger partial charge is 0.496 e. The number of thioether (sulfide) groups is 1. The predicted molar refractivity (Wildman–Crippen MR) is 117 cm³/mol. The summed E-state index contributed by atoms with van der Waals surface area (Å²) in [5.74, 6) is 0.786. The van der Waals surface area contributed by atoms with Crippen molar-refractivity contribution in [1.82, 2.24) is 25.1 Å². The lowest BCUT2D eigenvalue weighted by Gasteiger charge is -2.08. The third-order valence-electron chi connectivity index (χ3n) is 4.38. The zero-order chi connectivity index (χ0) is 20.9. The molecule has 0 aliphatic carbocycles. The second-order valence-corrected chi connectivity index (χ2v) is 7.68. The normalized spacial score (nSPS) is 10.9. The van der Waals surface area contributed by atoms with Crippen LogP contribution in [0.15, 0.2) is 65.8 Å². The van der Waals surface area contributed by atoms with Gasteiger partial charge in [0.15, 0.2) is 5.65 Å². The standard InChI is InChI=1S/C21H18ClN5O2S/c1-29-18-9-5-3-7-15(18)17-10-11-19-24-25-21(27(19)26-17)30-13-20(28)23-12-14-6-2-4-8-16(14)22/h2-11H,12-13H2,1H3,(H,23,28). The highest BCUT2D eigenvalue weighted by Crippen LogP contribution is 2.28. The Morgan fingerprint density at radius 2 is 1.90 bits per heavy atom. The van der Waals surface area contributed by atoms with Gasteiger partial charge in [0.1, 0.15) is 5.75 Å². The second-order valence-electron chi connectivity index (χ2n) is 6.33. The fraction of sp³-hybridized carbons (Fsp3) is 0.143. The van der Waals surface area contributed by atoms with Gasteiger partial charge in [0.2, 0.25) is 11.1 Å². The number of nitrogens with one attached hydrogen (secondary N) is 1. The SMILES string of the molecule is COc1ccccc1-c1ccc2nnc(SCC(=O)NCc3ccccc3Cl)n2n1. The van der Waals surface area contributed by atoms with Gasteiger partial charge in [-0.25, -0.2) is 0 Å². The minimum absolute atomic E-state index is 0.127. The minimum atomic E-state index is -0.127. The molecule has 0 unspecified atom stereocenters. The molecule has 0 aliphatic rings. The van der Waals surface area contributed by atoms with Crippen molar-refractivity contribution in [3.8, 4) is 17.0 Å². The molecular weight excluding hydrogens is 422 g/mol. The third kappa shape index (κ3) is 4.39. The van der Waals surface area contributed by atoms with E-state index in [2.05, 4.69) is 20.6 Å². The van der Waals surface area contributed by atoms with Crippen LogP contribution in [0.25, 0.3) is 16.9 Å². The van der Waals surface area contributed by atoms with Gasteiger partial charge in [-0.2, -0.15) is 9.61 Å². The molecule has 152 valence electrons. The number of nitrogens with zero attached hydrogens (tertiary/aromatic N) is 4. The second kappa shape index (κ2) is 9.15. The Morgan fingerprint density at radius 3 is 2.73 bits per heavy atom. The van der Waals surface area contributed by atoms with E-state index >= 15 is 0 Å². The van der Waals surface area contributed by atoms with Gasteiger partial charge < -0.3 is 10.1 Å². The number of amides is 1. The van der Waals surface area contributed by atoms with E-state index in [1.54, 1.807) is 17.7 Å².